The summed E-state index contributed by atoms with van der Waals surface area (Å²) in [6.45, 7) is -0.180. The van der Waals surface area contributed by atoms with Crippen LogP contribution in [0.5, 0.6) is 0 Å². The molecule has 0 bridgehead atoms. The van der Waals surface area contributed by atoms with Crippen LogP contribution in [0.2, 0.25) is 0 Å². The van der Waals surface area contributed by atoms with Gasteiger partial charge in [0.25, 0.3) is 5.56 Å². The number of hydrogen-bond acceptors (Lipinski definition) is 5. The van der Waals surface area contributed by atoms with Crippen molar-refractivity contribution in [3.8, 4) is 0 Å². The van der Waals surface area contributed by atoms with Crippen molar-refractivity contribution >= 4 is 22.5 Å². The van der Waals surface area contributed by atoms with Crippen LogP contribution in [-0.4, -0.2) is 30.7 Å². The number of aromatic nitrogens is 5. The summed E-state index contributed by atoms with van der Waals surface area (Å²) in [5.74, 6) is -0.0586. The van der Waals surface area contributed by atoms with Gasteiger partial charge in [0.15, 0.2) is 5.82 Å². The number of benzene rings is 1. The maximum atomic E-state index is 12.2. The maximum absolute atomic E-state index is 12.2. The lowest BCUT2D eigenvalue weighted by molar-refractivity contribution is -0.117. The van der Waals surface area contributed by atoms with E-state index in [0.717, 1.165) is 10.1 Å². The first kappa shape index (κ1) is 13.0. The number of anilines is 1. The minimum atomic E-state index is -0.389. The summed E-state index contributed by atoms with van der Waals surface area (Å²) in [6, 6.07) is 7.10. The van der Waals surface area contributed by atoms with E-state index in [2.05, 4.69) is 20.7 Å². The van der Waals surface area contributed by atoms with E-state index in [9.17, 15) is 9.59 Å². The fourth-order valence-electron chi connectivity index (χ4n) is 1.96. The molecular weight excluding hydrogens is 272 g/mol. The van der Waals surface area contributed by atoms with Crippen molar-refractivity contribution in [1.29, 1.82) is 0 Å². The Hall–Kier alpha value is -3.03. The first-order valence-electron chi connectivity index (χ1n) is 6.24. The van der Waals surface area contributed by atoms with E-state index < -0.39 is 0 Å². The second kappa shape index (κ2) is 5.16. The summed E-state index contributed by atoms with van der Waals surface area (Å²) in [6.07, 6.45) is 3.13. The minimum absolute atomic E-state index is 0.180. The number of fused-ring (bicyclic) bond motifs is 1. The van der Waals surface area contributed by atoms with E-state index in [4.69, 9.17) is 0 Å². The summed E-state index contributed by atoms with van der Waals surface area (Å²) in [7, 11) is 1.69. The molecule has 0 saturated carbocycles. The van der Waals surface area contributed by atoms with Crippen LogP contribution >= 0.6 is 0 Å². The Morgan fingerprint density at radius 1 is 1.33 bits per heavy atom. The van der Waals surface area contributed by atoms with Gasteiger partial charge in [-0.3, -0.25) is 14.3 Å². The van der Waals surface area contributed by atoms with Gasteiger partial charge in [-0.05, 0) is 6.07 Å². The number of carbonyl (C=O) groups is 1. The van der Waals surface area contributed by atoms with E-state index in [1.165, 1.54) is 4.68 Å². The molecule has 8 heteroatoms. The molecule has 0 radical (unpaired) electrons. The predicted octanol–water partition coefficient (Wildman–Crippen LogP) is 0.164. The predicted molar refractivity (Wildman–Crippen MR) is 75.6 cm³/mol. The van der Waals surface area contributed by atoms with Gasteiger partial charge in [0.1, 0.15) is 6.54 Å². The lowest BCUT2D eigenvalue weighted by atomic mass is 10.2. The molecule has 0 aliphatic carbocycles. The fraction of sp³-hybridized carbons (Fsp3) is 0.154. The van der Waals surface area contributed by atoms with Crippen molar-refractivity contribution in [2.24, 2.45) is 7.05 Å². The third kappa shape index (κ3) is 2.64. The van der Waals surface area contributed by atoms with E-state index in [0.29, 0.717) is 11.2 Å². The van der Waals surface area contributed by atoms with E-state index >= 15 is 0 Å². The smallest absolute Gasteiger partial charge is 0.275 e. The van der Waals surface area contributed by atoms with E-state index in [1.54, 1.807) is 37.6 Å². The van der Waals surface area contributed by atoms with Crippen LogP contribution in [0.1, 0.15) is 0 Å². The Morgan fingerprint density at radius 3 is 2.90 bits per heavy atom. The molecule has 106 valence electrons. The second-order valence-electron chi connectivity index (χ2n) is 4.52. The van der Waals surface area contributed by atoms with Gasteiger partial charge in [-0.25, -0.2) is 4.68 Å². The van der Waals surface area contributed by atoms with Crippen LogP contribution in [0.15, 0.2) is 41.5 Å². The quantitative estimate of drug-likeness (QED) is 0.739. The highest BCUT2D eigenvalue weighted by Crippen LogP contribution is 2.06. The minimum Gasteiger partial charge on any atom is -0.306 e. The Labute approximate surface area is 119 Å². The first-order chi connectivity index (χ1) is 10.1. The highest BCUT2D eigenvalue weighted by molar-refractivity contribution is 5.89. The topological polar surface area (TPSA) is 94.7 Å². The second-order valence-corrected chi connectivity index (χ2v) is 4.52. The van der Waals surface area contributed by atoms with Crippen molar-refractivity contribution in [2.45, 2.75) is 6.54 Å². The lowest BCUT2D eigenvalue weighted by Gasteiger charge is -2.05. The number of amides is 1. The van der Waals surface area contributed by atoms with Crippen LogP contribution in [0.25, 0.3) is 10.8 Å². The van der Waals surface area contributed by atoms with E-state index in [1.807, 2.05) is 6.07 Å². The van der Waals surface area contributed by atoms with Crippen LogP contribution in [0.3, 0.4) is 0 Å². The third-order valence-corrected chi connectivity index (χ3v) is 2.93. The molecular formula is C13H12N6O2. The number of carbonyl (C=O) groups excluding carboxylic acids is 1. The normalized spacial score (nSPS) is 10.7. The molecule has 0 saturated heterocycles. The molecule has 0 aliphatic heterocycles. The molecule has 8 nitrogen and oxygen atoms in total. The molecule has 2 aromatic heterocycles. The van der Waals surface area contributed by atoms with E-state index in [-0.39, 0.29) is 18.0 Å². The summed E-state index contributed by atoms with van der Waals surface area (Å²) in [5, 5.41) is 15.3. The summed E-state index contributed by atoms with van der Waals surface area (Å²) in [5.41, 5.74) is -0.303. The molecule has 1 amide bonds. The van der Waals surface area contributed by atoms with Crippen LogP contribution in [-0.2, 0) is 18.4 Å². The third-order valence-electron chi connectivity index (χ3n) is 2.93. The zero-order valence-corrected chi connectivity index (χ0v) is 11.2. The van der Waals surface area contributed by atoms with Gasteiger partial charge in [-0.1, -0.05) is 23.4 Å². The van der Waals surface area contributed by atoms with Gasteiger partial charge in [-0.2, -0.15) is 5.10 Å². The zero-order chi connectivity index (χ0) is 14.8. The Bertz CT molecular complexity index is 866. The SMILES string of the molecule is Cn1cc(NC(=O)Cn2ncc3ccccc3c2=O)nn1. The molecule has 0 spiro atoms. The van der Waals surface area contributed by atoms with Crippen LogP contribution in [0.4, 0.5) is 5.82 Å². The molecule has 0 aliphatic rings. The van der Waals surface area contributed by atoms with Crippen molar-refractivity contribution in [1.82, 2.24) is 24.8 Å². The largest absolute Gasteiger partial charge is 0.306 e. The Morgan fingerprint density at radius 2 is 2.14 bits per heavy atom. The van der Waals surface area contributed by atoms with Gasteiger partial charge in [-0.15, -0.1) is 5.10 Å². The monoisotopic (exact) mass is 284 g/mol. The van der Waals surface area contributed by atoms with Gasteiger partial charge in [0.2, 0.25) is 5.91 Å². The maximum Gasteiger partial charge on any atom is 0.275 e. The Kier molecular flexibility index (Phi) is 3.19. The number of nitrogens with one attached hydrogen (secondary N) is 1. The van der Waals surface area contributed by atoms with Crippen LogP contribution < -0.4 is 10.9 Å². The molecule has 3 aromatic rings. The van der Waals surface area contributed by atoms with Crippen molar-refractivity contribution < 1.29 is 4.79 Å². The molecule has 3 rings (SSSR count). The molecule has 0 unspecified atom stereocenters. The molecule has 2 heterocycles. The molecule has 1 aromatic carbocycles. The summed E-state index contributed by atoms with van der Waals surface area (Å²) >= 11 is 0. The molecule has 0 atom stereocenters. The number of nitrogens with zero attached hydrogens (tertiary/aromatic N) is 5. The first-order valence-corrected chi connectivity index (χ1v) is 6.24. The zero-order valence-electron chi connectivity index (χ0n) is 11.2. The van der Waals surface area contributed by atoms with Gasteiger partial charge < -0.3 is 5.32 Å². The number of rotatable bonds is 3. The molecule has 1 N–H and O–H groups in total. The van der Waals surface area contributed by atoms with Gasteiger partial charge in [0, 0.05) is 12.4 Å². The molecule has 0 fully saturated rings. The standard InChI is InChI=1S/C13H12N6O2/c1-18-7-11(16-17-18)15-12(20)8-19-13(21)10-5-3-2-4-9(10)6-14-19/h2-7H,8H2,1H3,(H,15,20). The summed E-state index contributed by atoms with van der Waals surface area (Å²) in [4.78, 5) is 24.1. The summed E-state index contributed by atoms with van der Waals surface area (Å²) < 4.78 is 2.59. The average Bonchev–Trinajstić information content (AvgIpc) is 2.87. The van der Waals surface area contributed by atoms with Gasteiger partial charge >= 0.3 is 0 Å². The van der Waals surface area contributed by atoms with Crippen molar-refractivity contribution in [3.63, 3.8) is 0 Å². The van der Waals surface area contributed by atoms with Crippen LogP contribution in [0, 0.1) is 0 Å². The number of hydrogen-bond donors (Lipinski definition) is 1. The average molecular weight is 284 g/mol. The fourth-order valence-corrected chi connectivity index (χ4v) is 1.96. The highest BCUT2D eigenvalue weighted by atomic mass is 16.2. The highest BCUT2D eigenvalue weighted by Gasteiger charge is 2.09. The lowest BCUT2D eigenvalue weighted by Crippen LogP contribution is -2.29. The van der Waals surface area contributed by atoms with Crippen molar-refractivity contribution in [2.75, 3.05) is 5.32 Å². The molecule has 21 heavy (non-hydrogen) atoms. The van der Waals surface area contributed by atoms with Gasteiger partial charge in [0.05, 0.1) is 17.8 Å². The number of aryl methyl sites for hydroxylation is 1. The van der Waals surface area contributed by atoms with Crippen molar-refractivity contribution in [3.05, 3.63) is 47.0 Å². The Balaban J connectivity index is 1.83.